The number of nitrogens with zero attached hydrogens (tertiary/aromatic N) is 1. The fraction of sp³-hybridized carbons (Fsp3) is 0.429. The van der Waals surface area contributed by atoms with Crippen LogP contribution in [0.15, 0.2) is 24.3 Å². The standard InChI is InChI=1S/C14H18N2O3/c1-10-4-2-3-5-12(10)16(9-8-13(17)18)14(19)15-11-6-7-11/h2-5,11H,6-9H2,1H3,(H,15,19)(H,17,18). The number of amides is 2. The van der Waals surface area contributed by atoms with Crippen LogP contribution in [0.2, 0.25) is 0 Å². The number of aryl methyl sites for hydroxylation is 1. The lowest BCUT2D eigenvalue weighted by molar-refractivity contribution is -0.136. The van der Waals surface area contributed by atoms with Crippen molar-refractivity contribution in [3.8, 4) is 0 Å². The molecule has 5 heteroatoms. The topological polar surface area (TPSA) is 69.6 Å². The Hall–Kier alpha value is -2.04. The minimum absolute atomic E-state index is 0.0631. The van der Waals surface area contributed by atoms with Gasteiger partial charge in [0, 0.05) is 18.3 Å². The number of rotatable bonds is 5. The third-order valence-corrected chi connectivity index (χ3v) is 3.11. The molecular weight excluding hydrogens is 244 g/mol. The van der Waals surface area contributed by atoms with E-state index in [2.05, 4.69) is 5.32 Å². The van der Waals surface area contributed by atoms with Crippen molar-refractivity contribution in [3.05, 3.63) is 29.8 Å². The molecule has 1 saturated carbocycles. The van der Waals surface area contributed by atoms with Gasteiger partial charge in [-0.15, -0.1) is 0 Å². The van der Waals surface area contributed by atoms with Crippen LogP contribution in [-0.2, 0) is 4.79 Å². The van der Waals surface area contributed by atoms with Crippen molar-refractivity contribution in [3.63, 3.8) is 0 Å². The first-order valence-corrected chi connectivity index (χ1v) is 6.43. The van der Waals surface area contributed by atoms with Crippen molar-refractivity contribution in [1.29, 1.82) is 0 Å². The van der Waals surface area contributed by atoms with E-state index in [9.17, 15) is 9.59 Å². The number of hydrogen-bond acceptors (Lipinski definition) is 2. The Bertz CT molecular complexity index is 483. The molecule has 5 nitrogen and oxygen atoms in total. The molecule has 1 fully saturated rings. The third-order valence-electron chi connectivity index (χ3n) is 3.11. The number of carboxylic acids is 1. The number of anilines is 1. The fourth-order valence-electron chi connectivity index (χ4n) is 1.89. The smallest absolute Gasteiger partial charge is 0.322 e. The van der Waals surface area contributed by atoms with E-state index in [0.29, 0.717) is 0 Å². The summed E-state index contributed by atoms with van der Waals surface area (Å²) in [6.07, 6.45) is 1.95. The first-order chi connectivity index (χ1) is 9.08. The number of benzene rings is 1. The van der Waals surface area contributed by atoms with E-state index in [-0.39, 0.29) is 25.0 Å². The molecule has 19 heavy (non-hydrogen) atoms. The van der Waals surface area contributed by atoms with Gasteiger partial charge < -0.3 is 10.4 Å². The van der Waals surface area contributed by atoms with E-state index in [1.165, 1.54) is 4.90 Å². The fourth-order valence-corrected chi connectivity index (χ4v) is 1.89. The Kier molecular flexibility index (Phi) is 4.04. The second-order valence-electron chi connectivity index (χ2n) is 4.81. The molecule has 0 unspecified atom stereocenters. The molecule has 0 aromatic heterocycles. The van der Waals surface area contributed by atoms with Gasteiger partial charge in [0.2, 0.25) is 0 Å². The molecule has 0 spiro atoms. The van der Waals surface area contributed by atoms with Crippen molar-refractivity contribution in [1.82, 2.24) is 5.32 Å². The Morgan fingerprint density at radius 3 is 2.63 bits per heavy atom. The molecule has 2 amide bonds. The second kappa shape index (κ2) is 5.73. The predicted octanol–water partition coefficient (Wildman–Crippen LogP) is 2.15. The average Bonchev–Trinajstić information content (AvgIpc) is 3.15. The van der Waals surface area contributed by atoms with E-state index in [4.69, 9.17) is 5.11 Å². The van der Waals surface area contributed by atoms with Crippen LogP contribution in [0.5, 0.6) is 0 Å². The average molecular weight is 262 g/mol. The lowest BCUT2D eigenvalue weighted by Gasteiger charge is -2.24. The van der Waals surface area contributed by atoms with Crippen molar-refractivity contribution in [2.45, 2.75) is 32.2 Å². The molecular formula is C14H18N2O3. The van der Waals surface area contributed by atoms with Gasteiger partial charge in [0.05, 0.1) is 6.42 Å². The summed E-state index contributed by atoms with van der Waals surface area (Å²) in [5, 5.41) is 11.7. The van der Waals surface area contributed by atoms with Gasteiger partial charge in [-0.05, 0) is 31.4 Å². The summed E-state index contributed by atoms with van der Waals surface area (Å²) in [6, 6.07) is 7.53. The number of carbonyl (C=O) groups excluding carboxylic acids is 1. The number of carbonyl (C=O) groups is 2. The Labute approximate surface area is 112 Å². The highest BCUT2D eigenvalue weighted by Crippen LogP contribution is 2.23. The lowest BCUT2D eigenvalue weighted by Crippen LogP contribution is -2.42. The Morgan fingerprint density at radius 1 is 1.37 bits per heavy atom. The molecule has 1 aliphatic rings. The van der Waals surface area contributed by atoms with Crippen LogP contribution in [0.25, 0.3) is 0 Å². The Morgan fingerprint density at radius 2 is 2.05 bits per heavy atom. The van der Waals surface area contributed by atoms with Gasteiger partial charge in [-0.1, -0.05) is 18.2 Å². The summed E-state index contributed by atoms with van der Waals surface area (Å²) in [5.41, 5.74) is 1.72. The quantitative estimate of drug-likeness (QED) is 0.854. The lowest BCUT2D eigenvalue weighted by atomic mass is 10.2. The van der Waals surface area contributed by atoms with Crippen LogP contribution in [0.4, 0.5) is 10.5 Å². The second-order valence-corrected chi connectivity index (χ2v) is 4.81. The molecule has 102 valence electrons. The molecule has 1 aromatic rings. The summed E-state index contributed by atoms with van der Waals surface area (Å²) in [5.74, 6) is -0.905. The molecule has 0 atom stereocenters. The van der Waals surface area contributed by atoms with E-state index in [0.717, 1.165) is 24.1 Å². The summed E-state index contributed by atoms with van der Waals surface area (Å²) >= 11 is 0. The van der Waals surface area contributed by atoms with E-state index in [1.807, 2.05) is 31.2 Å². The minimum atomic E-state index is -0.905. The van der Waals surface area contributed by atoms with Crippen molar-refractivity contribution in [2.75, 3.05) is 11.4 Å². The zero-order valence-corrected chi connectivity index (χ0v) is 10.9. The maximum Gasteiger partial charge on any atom is 0.322 e. The third kappa shape index (κ3) is 3.71. The van der Waals surface area contributed by atoms with Crippen LogP contribution >= 0.6 is 0 Å². The monoisotopic (exact) mass is 262 g/mol. The maximum absolute atomic E-state index is 12.2. The molecule has 1 aliphatic carbocycles. The summed E-state index contributed by atoms with van der Waals surface area (Å²) < 4.78 is 0. The first kappa shape index (κ1) is 13.4. The molecule has 0 aliphatic heterocycles. The van der Waals surface area contributed by atoms with Crippen LogP contribution in [0, 0.1) is 6.92 Å². The van der Waals surface area contributed by atoms with Gasteiger partial charge in [0.15, 0.2) is 0 Å². The highest BCUT2D eigenvalue weighted by Gasteiger charge is 2.27. The first-order valence-electron chi connectivity index (χ1n) is 6.43. The van der Waals surface area contributed by atoms with Crippen molar-refractivity contribution >= 4 is 17.7 Å². The van der Waals surface area contributed by atoms with E-state index >= 15 is 0 Å². The normalized spacial score (nSPS) is 13.9. The van der Waals surface area contributed by atoms with Gasteiger partial charge in [0.25, 0.3) is 0 Å². The summed E-state index contributed by atoms with van der Waals surface area (Å²) in [4.78, 5) is 24.4. The van der Waals surface area contributed by atoms with E-state index < -0.39 is 5.97 Å². The highest BCUT2D eigenvalue weighted by molar-refractivity contribution is 5.93. The zero-order chi connectivity index (χ0) is 13.8. The molecule has 0 saturated heterocycles. The number of urea groups is 1. The number of aliphatic carboxylic acids is 1. The Balaban J connectivity index is 2.14. The van der Waals surface area contributed by atoms with E-state index in [1.54, 1.807) is 0 Å². The number of para-hydroxylation sites is 1. The maximum atomic E-state index is 12.2. The van der Waals surface area contributed by atoms with Crippen LogP contribution in [0.3, 0.4) is 0 Å². The van der Waals surface area contributed by atoms with Crippen LogP contribution in [0.1, 0.15) is 24.8 Å². The molecule has 2 N–H and O–H groups in total. The zero-order valence-electron chi connectivity index (χ0n) is 10.9. The van der Waals surface area contributed by atoms with Crippen LogP contribution in [-0.4, -0.2) is 29.7 Å². The summed E-state index contributed by atoms with van der Waals surface area (Å²) in [7, 11) is 0. The largest absolute Gasteiger partial charge is 0.481 e. The number of carboxylic acid groups (broad SMARTS) is 1. The van der Waals surface area contributed by atoms with Crippen molar-refractivity contribution in [2.24, 2.45) is 0 Å². The van der Waals surface area contributed by atoms with Gasteiger partial charge in [0.1, 0.15) is 0 Å². The molecule has 0 heterocycles. The summed E-state index contributed by atoms with van der Waals surface area (Å²) in [6.45, 7) is 2.09. The predicted molar refractivity (Wildman–Crippen MR) is 72.3 cm³/mol. The number of nitrogens with one attached hydrogen (secondary N) is 1. The van der Waals surface area contributed by atoms with Gasteiger partial charge in [-0.3, -0.25) is 9.69 Å². The molecule has 0 radical (unpaired) electrons. The SMILES string of the molecule is Cc1ccccc1N(CCC(=O)O)C(=O)NC1CC1. The van der Waals surface area contributed by atoms with Crippen molar-refractivity contribution < 1.29 is 14.7 Å². The molecule has 1 aromatic carbocycles. The van der Waals surface area contributed by atoms with Gasteiger partial charge >= 0.3 is 12.0 Å². The molecule has 0 bridgehead atoms. The van der Waals surface area contributed by atoms with Gasteiger partial charge in [-0.25, -0.2) is 4.79 Å². The molecule has 2 rings (SSSR count). The highest BCUT2D eigenvalue weighted by atomic mass is 16.4. The van der Waals surface area contributed by atoms with Crippen LogP contribution < -0.4 is 10.2 Å². The minimum Gasteiger partial charge on any atom is -0.481 e. The number of hydrogen-bond donors (Lipinski definition) is 2. The van der Waals surface area contributed by atoms with Gasteiger partial charge in [-0.2, -0.15) is 0 Å².